The van der Waals surface area contributed by atoms with Gasteiger partial charge in [-0.1, -0.05) is 6.07 Å². The number of rotatable bonds is 8. The van der Waals surface area contributed by atoms with Crippen LogP contribution < -0.4 is 29.9 Å². The number of benzene rings is 2. The standard InChI is InChI=1S/C30H30ClF7N4O6/c1-15-7-19(48-30(36,37)38)6-5-18(15)10-39-28(45)47-22-13-41(14-29(33,34)35)24-20(26(22)44)8-21(32)25(27(24)46-4)40-11-16(2)42(17(3)12-40)23(43)9-31/h5-8,13,16-17H,9-12,14H2,1-4H3,(H,39,45). The third-order valence-electron chi connectivity index (χ3n) is 7.58. The van der Waals surface area contributed by atoms with Crippen LogP contribution in [0.5, 0.6) is 17.2 Å². The fraction of sp³-hybridized carbons (Fsp3) is 0.433. The molecule has 3 aromatic rings. The summed E-state index contributed by atoms with van der Waals surface area (Å²) in [7, 11) is 1.10. The molecule has 48 heavy (non-hydrogen) atoms. The van der Waals surface area contributed by atoms with E-state index in [0.717, 1.165) is 25.3 Å². The molecule has 1 aliphatic heterocycles. The van der Waals surface area contributed by atoms with Crippen molar-refractivity contribution in [1.82, 2.24) is 14.8 Å². The van der Waals surface area contributed by atoms with Gasteiger partial charge in [0.15, 0.2) is 17.3 Å². The van der Waals surface area contributed by atoms with E-state index in [1.165, 1.54) is 22.8 Å². The van der Waals surface area contributed by atoms with E-state index in [9.17, 15) is 40.7 Å². The molecule has 2 unspecified atom stereocenters. The molecule has 1 N–H and O–H groups in total. The molecule has 0 spiro atoms. The van der Waals surface area contributed by atoms with Gasteiger partial charge in [-0.25, -0.2) is 9.18 Å². The van der Waals surface area contributed by atoms with Crippen molar-refractivity contribution in [2.75, 3.05) is 31.0 Å². The molecule has 2 aromatic carbocycles. The number of hydrogen-bond acceptors (Lipinski definition) is 7. The van der Waals surface area contributed by atoms with Crippen LogP contribution in [0.4, 0.5) is 41.2 Å². The average molecular weight is 711 g/mol. The molecule has 1 saturated heterocycles. The van der Waals surface area contributed by atoms with Crippen LogP contribution in [0.3, 0.4) is 0 Å². The second-order valence-electron chi connectivity index (χ2n) is 11.1. The van der Waals surface area contributed by atoms with Gasteiger partial charge in [0, 0.05) is 31.7 Å². The monoisotopic (exact) mass is 710 g/mol. The minimum atomic E-state index is -4.91. The van der Waals surface area contributed by atoms with Crippen LogP contribution in [-0.2, 0) is 17.9 Å². The SMILES string of the molecule is COc1c(N2CC(C)N(C(=O)CCl)C(C)C2)c(F)cc2c(=O)c(OC(=O)NCc3ccc(OC(F)(F)F)cc3C)cn(CC(F)(F)F)c12. The highest BCUT2D eigenvalue weighted by molar-refractivity contribution is 6.27. The molecule has 10 nitrogen and oxygen atoms in total. The van der Waals surface area contributed by atoms with Gasteiger partial charge in [0.1, 0.15) is 23.9 Å². The topological polar surface area (TPSA) is 102 Å². The molecule has 4 rings (SSSR count). The number of anilines is 1. The Kier molecular flexibility index (Phi) is 10.6. The van der Waals surface area contributed by atoms with Crippen molar-refractivity contribution in [3.05, 3.63) is 57.6 Å². The zero-order chi connectivity index (χ0) is 35.7. The number of carbonyl (C=O) groups is 2. The Hall–Kier alpha value is -4.41. The van der Waals surface area contributed by atoms with E-state index in [2.05, 4.69) is 10.1 Å². The fourth-order valence-electron chi connectivity index (χ4n) is 5.77. The number of halogens is 8. The highest BCUT2D eigenvalue weighted by atomic mass is 35.5. The summed E-state index contributed by atoms with van der Waals surface area (Å²) in [4.78, 5) is 41.4. The van der Waals surface area contributed by atoms with E-state index in [1.54, 1.807) is 13.8 Å². The highest BCUT2D eigenvalue weighted by Crippen LogP contribution is 2.41. The zero-order valence-electron chi connectivity index (χ0n) is 25.9. The minimum absolute atomic E-state index is 0.0637. The Morgan fingerprint density at radius 1 is 1.06 bits per heavy atom. The van der Waals surface area contributed by atoms with E-state index in [0.29, 0.717) is 21.9 Å². The van der Waals surface area contributed by atoms with Gasteiger partial charge < -0.3 is 33.9 Å². The minimum Gasteiger partial charge on any atom is -0.492 e. The highest BCUT2D eigenvalue weighted by Gasteiger charge is 2.37. The molecular formula is C30H30ClF7N4O6. The van der Waals surface area contributed by atoms with Crippen molar-refractivity contribution >= 4 is 40.2 Å². The molecule has 2 heterocycles. The van der Waals surface area contributed by atoms with Gasteiger partial charge in [-0.2, -0.15) is 13.2 Å². The van der Waals surface area contributed by atoms with E-state index in [1.807, 2.05) is 0 Å². The maximum atomic E-state index is 15.9. The van der Waals surface area contributed by atoms with Gasteiger partial charge in [-0.3, -0.25) is 9.59 Å². The first-order valence-electron chi connectivity index (χ1n) is 14.3. The number of aryl methyl sites for hydroxylation is 1. The number of amides is 2. The Labute approximate surface area is 273 Å². The lowest BCUT2D eigenvalue weighted by Gasteiger charge is -2.45. The van der Waals surface area contributed by atoms with Gasteiger partial charge in [-0.05, 0) is 50.1 Å². The molecule has 2 amide bonds. The van der Waals surface area contributed by atoms with Crippen LogP contribution in [0.25, 0.3) is 10.9 Å². The first-order chi connectivity index (χ1) is 22.3. The zero-order valence-corrected chi connectivity index (χ0v) is 26.6. The van der Waals surface area contributed by atoms with Crippen molar-refractivity contribution < 1.29 is 54.5 Å². The second kappa shape index (κ2) is 14.0. The van der Waals surface area contributed by atoms with Crippen molar-refractivity contribution in [3.63, 3.8) is 0 Å². The lowest BCUT2D eigenvalue weighted by molar-refractivity contribution is -0.274. The Morgan fingerprint density at radius 2 is 1.71 bits per heavy atom. The number of carbonyl (C=O) groups excluding carboxylic acids is 2. The molecular weight excluding hydrogens is 681 g/mol. The molecule has 0 bridgehead atoms. The molecule has 18 heteroatoms. The lowest BCUT2D eigenvalue weighted by Crippen LogP contribution is -2.59. The number of ether oxygens (including phenoxy) is 3. The van der Waals surface area contributed by atoms with Gasteiger partial charge in [-0.15, -0.1) is 24.8 Å². The number of fused-ring (bicyclic) bond motifs is 1. The maximum Gasteiger partial charge on any atom is 0.573 e. The number of piperazine rings is 1. The molecule has 1 aliphatic rings. The molecule has 2 atom stereocenters. The van der Waals surface area contributed by atoms with E-state index < -0.39 is 70.9 Å². The van der Waals surface area contributed by atoms with Crippen LogP contribution in [0, 0.1) is 12.7 Å². The molecule has 1 fully saturated rings. The van der Waals surface area contributed by atoms with Gasteiger partial charge in [0.05, 0.1) is 24.2 Å². The molecule has 262 valence electrons. The number of aromatic nitrogens is 1. The predicted octanol–water partition coefficient (Wildman–Crippen LogP) is 5.87. The Balaban J connectivity index is 1.69. The molecule has 0 radical (unpaired) electrons. The number of methoxy groups -OCH3 is 1. The summed E-state index contributed by atoms with van der Waals surface area (Å²) >= 11 is 5.73. The fourth-order valence-corrected chi connectivity index (χ4v) is 5.91. The lowest BCUT2D eigenvalue weighted by atomic mass is 10.0. The number of pyridine rings is 1. The van der Waals surface area contributed by atoms with Crippen molar-refractivity contribution in [3.8, 4) is 17.2 Å². The van der Waals surface area contributed by atoms with Crippen LogP contribution in [0.15, 0.2) is 35.3 Å². The first kappa shape index (κ1) is 36.4. The third-order valence-corrected chi connectivity index (χ3v) is 7.80. The smallest absolute Gasteiger partial charge is 0.492 e. The van der Waals surface area contributed by atoms with Gasteiger partial charge in [0.2, 0.25) is 11.3 Å². The number of nitrogens with zero attached hydrogens (tertiary/aromatic N) is 3. The van der Waals surface area contributed by atoms with Crippen molar-refractivity contribution in [2.24, 2.45) is 0 Å². The summed E-state index contributed by atoms with van der Waals surface area (Å²) in [6, 6.07) is 3.12. The summed E-state index contributed by atoms with van der Waals surface area (Å²) < 4.78 is 110. The van der Waals surface area contributed by atoms with Gasteiger partial charge in [0.25, 0.3) is 0 Å². The Morgan fingerprint density at radius 3 is 2.25 bits per heavy atom. The normalized spacial score (nSPS) is 17.0. The number of hydrogen-bond donors (Lipinski definition) is 1. The first-order valence-corrected chi connectivity index (χ1v) is 14.8. The molecule has 0 aliphatic carbocycles. The van der Waals surface area contributed by atoms with E-state index in [4.69, 9.17) is 21.1 Å². The maximum absolute atomic E-state index is 15.9. The quantitative estimate of drug-likeness (QED) is 0.231. The summed E-state index contributed by atoms with van der Waals surface area (Å²) in [5.74, 6) is -3.37. The van der Waals surface area contributed by atoms with E-state index >= 15 is 4.39 Å². The summed E-state index contributed by atoms with van der Waals surface area (Å²) in [6.07, 6.45) is -10.4. The van der Waals surface area contributed by atoms with Crippen LogP contribution in [-0.4, -0.2) is 72.2 Å². The van der Waals surface area contributed by atoms with Crippen LogP contribution >= 0.6 is 11.6 Å². The average Bonchev–Trinajstić information content (AvgIpc) is 2.96. The molecule has 0 saturated carbocycles. The van der Waals surface area contributed by atoms with Crippen LogP contribution in [0.2, 0.25) is 0 Å². The van der Waals surface area contributed by atoms with E-state index in [-0.39, 0.29) is 42.9 Å². The largest absolute Gasteiger partial charge is 0.573 e. The predicted molar refractivity (Wildman–Crippen MR) is 160 cm³/mol. The summed E-state index contributed by atoms with van der Waals surface area (Å²) in [5, 5.41) is 1.70. The van der Waals surface area contributed by atoms with Gasteiger partial charge >= 0.3 is 18.6 Å². The third kappa shape index (κ3) is 8.17. The number of alkyl halides is 7. The van der Waals surface area contributed by atoms with Crippen LogP contribution in [0.1, 0.15) is 25.0 Å². The van der Waals surface area contributed by atoms with Crippen molar-refractivity contribution in [1.29, 1.82) is 0 Å². The van der Waals surface area contributed by atoms with Crippen molar-refractivity contribution in [2.45, 2.75) is 58.5 Å². The Bertz CT molecular complexity index is 1750. The summed E-state index contributed by atoms with van der Waals surface area (Å²) in [6.45, 7) is 2.99. The second-order valence-corrected chi connectivity index (χ2v) is 11.4. The molecule has 1 aromatic heterocycles. The summed E-state index contributed by atoms with van der Waals surface area (Å²) in [5.41, 5.74) is -1.13. The number of nitrogens with one attached hydrogen (secondary N) is 1.